The van der Waals surface area contributed by atoms with Gasteiger partial charge in [-0.2, -0.15) is 0 Å². The lowest BCUT2D eigenvalue weighted by atomic mass is 10.3. The Morgan fingerprint density at radius 3 is 2.73 bits per heavy atom. The number of hydrogen-bond donors (Lipinski definition) is 2. The minimum absolute atomic E-state index is 0.151. The molecule has 0 aliphatic rings. The summed E-state index contributed by atoms with van der Waals surface area (Å²) >= 11 is 6.38. The fourth-order valence-electron chi connectivity index (χ4n) is 1.91. The van der Waals surface area contributed by atoms with Gasteiger partial charge in [-0.3, -0.25) is 14.5 Å². The molecule has 0 unspecified atom stereocenters. The predicted molar refractivity (Wildman–Crippen MR) is 94.4 cm³/mol. The van der Waals surface area contributed by atoms with E-state index in [9.17, 15) is 9.59 Å². The van der Waals surface area contributed by atoms with Crippen LogP contribution in [0.1, 0.15) is 22.2 Å². The van der Waals surface area contributed by atoms with Crippen LogP contribution in [0.15, 0.2) is 27.4 Å². The Bertz CT molecular complexity index is 669. The number of primary amides is 1. The molecule has 3 N–H and O–H groups in total. The maximum Gasteiger partial charge on any atom is 0.251 e. The Morgan fingerprint density at radius 1 is 1.36 bits per heavy atom. The van der Waals surface area contributed by atoms with Gasteiger partial charge >= 0.3 is 0 Å². The lowest BCUT2D eigenvalue weighted by Gasteiger charge is -2.18. The predicted octanol–water partition coefficient (Wildman–Crippen LogP) is 3.13. The zero-order chi connectivity index (χ0) is 16.1. The molecule has 0 spiro atoms. The number of anilines is 1. The highest BCUT2D eigenvalue weighted by atomic mass is 79.9. The molecule has 0 aliphatic heterocycles. The first kappa shape index (κ1) is 17.1. The first-order valence-electron chi connectivity index (χ1n) is 6.63. The quantitative estimate of drug-likeness (QED) is 0.747. The molecule has 5 nitrogen and oxygen atoms in total. The summed E-state index contributed by atoms with van der Waals surface area (Å²) in [6.07, 6.45) is 0. The summed E-state index contributed by atoms with van der Waals surface area (Å²) in [4.78, 5) is 26.6. The third kappa shape index (κ3) is 4.64. The average molecular weight is 402 g/mol. The number of nitrogens with zero attached hydrogens (tertiary/aromatic N) is 1. The molecule has 0 aromatic carbocycles. The maximum atomic E-state index is 12.1. The van der Waals surface area contributed by atoms with E-state index in [1.54, 1.807) is 22.8 Å². The van der Waals surface area contributed by atoms with Crippen molar-refractivity contribution in [1.82, 2.24) is 4.90 Å². The van der Waals surface area contributed by atoms with Crippen molar-refractivity contribution in [3.8, 4) is 0 Å². The van der Waals surface area contributed by atoms with Crippen molar-refractivity contribution in [2.45, 2.75) is 13.5 Å². The molecule has 8 heteroatoms. The smallest absolute Gasteiger partial charge is 0.251 e. The number of hydrogen-bond acceptors (Lipinski definition) is 5. The summed E-state index contributed by atoms with van der Waals surface area (Å²) in [5, 5.41) is 5.00. The van der Waals surface area contributed by atoms with Gasteiger partial charge in [-0.25, -0.2) is 0 Å². The Kier molecular flexibility index (Phi) is 6.13. The average Bonchev–Trinajstić information content (AvgIpc) is 3.07. The van der Waals surface area contributed by atoms with Crippen LogP contribution in [0.2, 0.25) is 0 Å². The lowest BCUT2D eigenvalue weighted by Crippen LogP contribution is -2.32. The van der Waals surface area contributed by atoms with Gasteiger partial charge in [0.25, 0.3) is 5.91 Å². The van der Waals surface area contributed by atoms with Gasteiger partial charge in [0.1, 0.15) is 5.00 Å². The highest BCUT2D eigenvalue weighted by Crippen LogP contribution is 2.24. The highest BCUT2D eigenvalue weighted by molar-refractivity contribution is 9.11. The normalized spacial score (nSPS) is 10.9. The van der Waals surface area contributed by atoms with E-state index in [0.717, 1.165) is 10.3 Å². The minimum Gasteiger partial charge on any atom is -0.366 e. The number of carbonyl (C=O) groups excluding carboxylic acids is 2. The van der Waals surface area contributed by atoms with Crippen molar-refractivity contribution in [2.24, 2.45) is 5.73 Å². The van der Waals surface area contributed by atoms with Crippen LogP contribution in [-0.2, 0) is 11.3 Å². The maximum absolute atomic E-state index is 12.1. The molecular weight excluding hydrogens is 386 g/mol. The second-order valence-electron chi connectivity index (χ2n) is 4.58. The Hall–Kier alpha value is -1.22. The molecule has 0 atom stereocenters. The Balaban J connectivity index is 1.94. The van der Waals surface area contributed by atoms with Crippen LogP contribution in [0.3, 0.4) is 0 Å². The zero-order valence-electron chi connectivity index (χ0n) is 12.0. The first-order valence-corrected chi connectivity index (χ1v) is 9.12. The van der Waals surface area contributed by atoms with Crippen LogP contribution < -0.4 is 11.1 Å². The third-order valence-corrected chi connectivity index (χ3v) is 5.44. The van der Waals surface area contributed by atoms with Crippen LogP contribution in [0.4, 0.5) is 5.00 Å². The fraction of sp³-hybridized carbons (Fsp3) is 0.286. The van der Waals surface area contributed by atoms with E-state index >= 15 is 0 Å². The van der Waals surface area contributed by atoms with Crippen molar-refractivity contribution in [3.63, 3.8) is 0 Å². The van der Waals surface area contributed by atoms with Crippen molar-refractivity contribution in [1.29, 1.82) is 0 Å². The van der Waals surface area contributed by atoms with Gasteiger partial charge in [0.05, 0.1) is 15.9 Å². The summed E-state index contributed by atoms with van der Waals surface area (Å²) in [5.41, 5.74) is 5.62. The molecule has 0 aliphatic carbocycles. The van der Waals surface area contributed by atoms with Gasteiger partial charge in [-0.15, -0.1) is 22.7 Å². The van der Waals surface area contributed by atoms with E-state index in [0.29, 0.717) is 17.1 Å². The van der Waals surface area contributed by atoms with Crippen LogP contribution in [0.5, 0.6) is 0 Å². The van der Waals surface area contributed by atoms with Gasteiger partial charge < -0.3 is 11.1 Å². The van der Waals surface area contributed by atoms with Crippen LogP contribution in [-0.4, -0.2) is 29.8 Å². The van der Waals surface area contributed by atoms with Crippen molar-refractivity contribution < 1.29 is 9.59 Å². The van der Waals surface area contributed by atoms with Crippen molar-refractivity contribution in [3.05, 3.63) is 37.8 Å². The van der Waals surface area contributed by atoms with Gasteiger partial charge in [0.2, 0.25) is 5.91 Å². The molecule has 0 radical (unpaired) electrons. The topological polar surface area (TPSA) is 75.4 Å². The monoisotopic (exact) mass is 401 g/mol. The largest absolute Gasteiger partial charge is 0.366 e. The summed E-state index contributed by atoms with van der Waals surface area (Å²) in [6.45, 7) is 3.75. The van der Waals surface area contributed by atoms with E-state index < -0.39 is 5.91 Å². The number of nitrogens with one attached hydrogen (secondary N) is 1. The van der Waals surface area contributed by atoms with E-state index in [4.69, 9.17) is 5.73 Å². The van der Waals surface area contributed by atoms with Crippen molar-refractivity contribution in [2.75, 3.05) is 18.4 Å². The zero-order valence-corrected chi connectivity index (χ0v) is 15.2. The number of rotatable bonds is 7. The standard InChI is InChI=1S/C14H16BrN3O2S2/c1-2-18(7-9-3-4-11(15)22-9)8-12(19)17-14-10(13(16)20)5-6-21-14/h3-6H,2,7-8H2,1H3,(H2,16,20)(H,17,19). The number of nitrogens with two attached hydrogens (primary N) is 1. The van der Waals surface area contributed by atoms with E-state index in [-0.39, 0.29) is 12.5 Å². The van der Waals surface area contributed by atoms with Gasteiger partial charge in [0.15, 0.2) is 0 Å². The van der Waals surface area contributed by atoms with Crippen LogP contribution in [0.25, 0.3) is 0 Å². The van der Waals surface area contributed by atoms with E-state index in [1.807, 2.05) is 24.0 Å². The second-order valence-corrected chi connectivity index (χ2v) is 8.05. The summed E-state index contributed by atoms with van der Waals surface area (Å²) in [5.74, 6) is -0.685. The molecule has 0 fully saturated rings. The first-order chi connectivity index (χ1) is 10.5. The number of carbonyl (C=O) groups is 2. The van der Waals surface area contributed by atoms with E-state index in [1.165, 1.54) is 16.2 Å². The molecule has 22 heavy (non-hydrogen) atoms. The molecule has 0 saturated carbocycles. The van der Waals surface area contributed by atoms with Gasteiger partial charge in [-0.1, -0.05) is 6.92 Å². The molecule has 118 valence electrons. The Labute approximate surface area is 145 Å². The number of likely N-dealkylation sites (N-methyl/N-ethyl adjacent to an activating group) is 1. The molecule has 2 amide bonds. The van der Waals surface area contributed by atoms with E-state index in [2.05, 4.69) is 21.2 Å². The molecule has 2 aromatic heterocycles. The minimum atomic E-state index is -0.535. The molecular formula is C14H16BrN3O2S2. The third-order valence-electron chi connectivity index (χ3n) is 3.01. The van der Waals surface area contributed by atoms with Crippen LogP contribution >= 0.6 is 38.6 Å². The SMILES string of the molecule is CCN(CC(=O)Nc1sccc1C(N)=O)Cc1ccc(Br)s1. The second kappa shape index (κ2) is 7.87. The summed E-state index contributed by atoms with van der Waals surface area (Å²) in [7, 11) is 0. The van der Waals surface area contributed by atoms with Gasteiger partial charge in [0, 0.05) is 11.4 Å². The highest BCUT2D eigenvalue weighted by Gasteiger charge is 2.15. The summed E-state index contributed by atoms with van der Waals surface area (Å²) < 4.78 is 1.08. The molecule has 2 aromatic rings. The van der Waals surface area contributed by atoms with Crippen LogP contribution in [0, 0.1) is 0 Å². The molecule has 2 rings (SSSR count). The van der Waals surface area contributed by atoms with Gasteiger partial charge in [-0.05, 0) is 46.1 Å². The number of halogens is 1. The Morgan fingerprint density at radius 2 is 2.14 bits per heavy atom. The summed E-state index contributed by atoms with van der Waals surface area (Å²) in [6, 6.07) is 5.65. The molecule has 0 saturated heterocycles. The molecule has 2 heterocycles. The lowest BCUT2D eigenvalue weighted by molar-refractivity contribution is -0.117. The fourth-order valence-corrected chi connectivity index (χ4v) is 4.24. The molecule has 0 bridgehead atoms. The van der Waals surface area contributed by atoms with Crippen molar-refractivity contribution >= 4 is 55.4 Å². The number of thiophene rings is 2. The number of amides is 2.